The largest absolute Gasteiger partial charge is 0.481 e. The maximum atomic E-state index is 12.3. The van der Waals surface area contributed by atoms with Gasteiger partial charge in [-0.05, 0) is 12.1 Å². The number of halogens is 3. The zero-order chi connectivity index (χ0) is 14.0. The summed E-state index contributed by atoms with van der Waals surface area (Å²) in [4.78, 5) is 9.15. The number of nitrogens with one attached hydrogen (secondary N) is 1. The molecule has 0 bridgehead atoms. The Kier molecular flexibility index (Phi) is 4.35. The Balaban J connectivity index is 2.80. The molecule has 0 aliphatic heterocycles. The molecule has 5 nitrogen and oxygen atoms in total. The number of carboxylic acid groups (broad SMARTS) is 1. The summed E-state index contributed by atoms with van der Waals surface area (Å²) < 4.78 is 61.2. The predicted molar refractivity (Wildman–Crippen MR) is 56.8 cm³/mol. The molecule has 18 heavy (non-hydrogen) atoms. The molecule has 0 fully saturated rings. The molecule has 0 saturated carbocycles. The van der Waals surface area contributed by atoms with Crippen LogP contribution in [-0.4, -0.2) is 26.0 Å². The van der Waals surface area contributed by atoms with E-state index in [4.69, 9.17) is 5.11 Å². The lowest BCUT2D eigenvalue weighted by Gasteiger charge is -2.03. The molecule has 0 unspecified atom stereocenters. The van der Waals surface area contributed by atoms with Crippen LogP contribution in [0, 0.1) is 0 Å². The van der Waals surface area contributed by atoms with E-state index in [-0.39, 0.29) is 17.9 Å². The molecular weight excluding hydrogens is 295 g/mol. The molecule has 1 aromatic heterocycles. The van der Waals surface area contributed by atoms with E-state index >= 15 is 0 Å². The van der Waals surface area contributed by atoms with Crippen LogP contribution < -0.4 is 4.72 Å². The molecule has 0 atom stereocenters. The summed E-state index contributed by atoms with van der Waals surface area (Å²) in [5, 5.41) is 8.31. The number of alkyl halides is 3. The third-order valence-corrected chi connectivity index (χ3v) is 4.84. The molecule has 0 saturated heterocycles. The smallest absolute Gasteiger partial charge is 0.425 e. The van der Waals surface area contributed by atoms with Crippen molar-refractivity contribution in [2.75, 3.05) is 6.54 Å². The van der Waals surface area contributed by atoms with Gasteiger partial charge in [-0.15, -0.1) is 11.3 Å². The molecule has 1 heterocycles. The lowest BCUT2D eigenvalue weighted by atomic mass is 10.5. The Hall–Kier alpha value is -1.13. The second-order valence-corrected chi connectivity index (χ2v) is 6.24. The highest BCUT2D eigenvalue weighted by atomic mass is 32.2. The first-order valence-electron chi connectivity index (χ1n) is 4.51. The zero-order valence-electron chi connectivity index (χ0n) is 8.69. The Bertz CT molecular complexity index is 535. The molecule has 0 aliphatic carbocycles. The van der Waals surface area contributed by atoms with Gasteiger partial charge in [-0.2, -0.15) is 13.2 Å². The fourth-order valence-corrected chi connectivity index (χ4v) is 3.23. The van der Waals surface area contributed by atoms with Gasteiger partial charge in [0.25, 0.3) is 0 Å². The number of hydrogen-bond acceptors (Lipinski definition) is 4. The van der Waals surface area contributed by atoms with Gasteiger partial charge in [0.2, 0.25) is 10.0 Å². The summed E-state index contributed by atoms with van der Waals surface area (Å²) in [6.07, 6.45) is -5.05. The third kappa shape index (κ3) is 3.96. The first-order valence-corrected chi connectivity index (χ1v) is 6.81. The van der Waals surface area contributed by atoms with Crippen molar-refractivity contribution in [3.63, 3.8) is 0 Å². The van der Waals surface area contributed by atoms with Crippen LogP contribution in [0.2, 0.25) is 0 Å². The van der Waals surface area contributed by atoms with Crippen molar-refractivity contribution in [2.45, 2.75) is 16.8 Å². The van der Waals surface area contributed by atoms with Crippen molar-refractivity contribution in [2.24, 2.45) is 0 Å². The molecule has 102 valence electrons. The number of thiophene rings is 1. The van der Waals surface area contributed by atoms with E-state index in [2.05, 4.69) is 0 Å². The molecular formula is C8H8F3NO4S2. The highest BCUT2D eigenvalue weighted by Crippen LogP contribution is 2.35. The lowest BCUT2D eigenvalue weighted by Crippen LogP contribution is -2.25. The average molecular weight is 303 g/mol. The summed E-state index contributed by atoms with van der Waals surface area (Å²) >= 11 is 0.0827. The van der Waals surface area contributed by atoms with Crippen molar-refractivity contribution in [3.8, 4) is 0 Å². The van der Waals surface area contributed by atoms with Crippen LogP contribution in [0.3, 0.4) is 0 Å². The Morgan fingerprint density at radius 3 is 2.44 bits per heavy atom. The van der Waals surface area contributed by atoms with E-state index in [1.54, 1.807) is 0 Å². The van der Waals surface area contributed by atoms with Gasteiger partial charge < -0.3 is 5.11 Å². The summed E-state index contributed by atoms with van der Waals surface area (Å²) in [5.41, 5.74) is 0. The fraction of sp³-hybridized carbons (Fsp3) is 0.375. The molecule has 1 rings (SSSR count). The van der Waals surface area contributed by atoms with Gasteiger partial charge in [0.05, 0.1) is 6.42 Å². The van der Waals surface area contributed by atoms with E-state index in [1.807, 2.05) is 4.72 Å². The predicted octanol–water partition coefficient (Wildman–Crippen LogP) is 1.52. The van der Waals surface area contributed by atoms with Crippen LogP contribution in [0.1, 0.15) is 11.3 Å². The Morgan fingerprint density at radius 1 is 1.39 bits per heavy atom. The monoisotopic (exact) mass is 303 g/mol. The van der Waals surface area contributed by atoms with Crippen molar-refractivity contribution < 1.29 is 31.5 Å². The van der Waals surface area contributed by atoms with E-state index in [1.165, 1.54) is 0 Å². The molecule has 0 radical (unpaired) electrons. The van der Waals surface area contributed by atoms with Gasteiger partial charge in [-0.25, -0.2) is 13.1 Å². The summed E-state index contributed by atoms with van der Waals surface area (Å²) in [7, 11) is -4.09. The highest BCUT2D eigenvalue weighted by Gasteiger charge is 2.34. The number of aliphatic carboxylic acids is 1. The number of hydrogen-bond donors (Lipinski definition) is 2. The summed E-state index contributed by atoms with van der Waals surface area (Å²) in [6.45, 7) is -0.378. The SMILES string of the molecule is O=C(O)CCNS(=O)(=O)c1ccc(C(F)(F)F)s1. The van der Waals surface area contributed by atoms with Crippen LogP contribution in [0.25, 0.3) is 0 Å². The third-order valence-electron chi connectivity index (χ3n) is 1.76. The van der Waals surface area contributed by atoms with Crippen molar-refractivity contribution >= 4 is 27.3 Å². The van der Waals surface area contributed by atoms with Crippen molar-refractivity contribution in [3.05, 3.63) is 17.0 Å². The average Bonchev–Trinajstić information content (AvgIpc) is 2.64. The first kappa shape index (κ1) is 14.9. The number of sulfonamides is 1. The number of rotatable bonds is 5. The molecule has 2 N–H and O–H groups in total. The van der Waals surface area contributed by atoms with Crippen molar-refractivity contribution in [1.29, 1.82) is 0 Å². The second-order valence-electron chi connectivity index (χ2n) is 3.16. The van der Waals surface area contributed by atoms with Crippen LogP contribution in [0.15, 0.2) is 16.3 Å². The quantitative estimate of drug-likeness (QED) is 0.864. The molecule has 10 heteroatoms. The fourth-order valence-electron chi connectivity index (χ4n) is 0.980. The summed E-state index contributed by atoms with van der Waals surface area (Å²) in [6, 6.07) is 1.49. The highest BCUT2D eigenvalue weighted by molar-refractivity contribution is 7.91. The lowest BCUT2D eigenvalue weighted by molar-refractivity contribution is -0.137. The number of carbonyl (C=O) groups is 1. The molecule has 1 aromatic rings. The second kappa shape index (κ2) is 5.24. The minimum absolute atomic E-state index is 0.0827. The van der Waals surface area contributed by atoms with Crippen LogP contribution in [-0.2, 0) is 21.0 Å². The minimum atomic E-state index is -4.60. The van der Waals surface area contributed by atoms with Gasteiger partial charge in [0.1, 0.15) is 9.09 Å². The topological polar surface area (TPSA) is 83.5 Å². The summed E-state index contributed by atoms with van der Waals surface area (Å²) in [5.74, 6) is -1.21. The van der Waals surface area contributed by atoms with Gasteiger partial charge >= 0.3 is 12.1 Å². The van der Waals surface area contributed by atoms with E-state index < -0.39 is 37.7 Å². The molecule has 0 spiro atoms. The van der Waals surface area contributed by atoms with Crippen LogP contribution >= 0.6 is 11.3 Å². The van der Waals surface area contributed by atoms with E-state index in [0.717, 1.165) is 6.07 Å². The van der Waals surface area contributed by atoms with E-state index in [0.29, 0.717) is 6.07 Å². The normalized spacial score (nSPS) is 12.6. The first-order chi connectivity index (χ1) is 8.13. The number of carboxylic acids is 1. The maximum Gasteiger partial charge on any atom is 0.425 e. The van der Waals surface area contributed by atoms with Gasteiger partial charge in [0.15, 0.2) is 0 Å². The van der Waals surface area contributed by atoms with Crippen LogP contribution in [0.5, 0.6) is 0 Å². The Labute approximate surface area is 104 Å². The minimum Gasteiger partial charge on any atom is -0.481 e. The van der Waals surface area contributed by atoms with Gasteiger partial charge in [-0.3, -0.25) is 4.79 Å². The van der Waals surface area contributed by atoms with Crippen LogP contribution in [0.4, 0.5) is 13.2 Å². The van der Waals surface area contributed by atoms with Gasteiger partial charge in [0, 0.05) is 6.54 Å². The van der Waals surface area contributed by atoms with E-state index in [9.17, 15) is 26.4 Å². The molecule has 0 aliphatic rings. The Morgan fingerprint density at radius 2 is 2.00 bits per heavy atom. The zero-order valence-corrected chi connectivity index (χ0v) is 10.3. The maximum absolute atomic E-state index is 12.3. The van der Waals surface area contributed by atoms with Gasteiger partial charge in [-0.1, -0.05) is 0 Å². The van der Waals surface area contributed by atoms with Crippen molar-refractivity contribution in [1.82, 2.24) is 4.72 Å². The molecule has 0 amide bonds. The molecule has 0 aromatic carbocycles. The standard InChI is InChI=1S/C8H8F3NO4S2/c9-8(10,11)5-1-2-7(17-5)18(15,16)12-4-3-6(13)14/h1-2,12H,3-4H2,(H,13,14).